The third-order valence-corrected chi connectivity index (χ3v) is 9.72. The molecule has 3 aliphatic carbocycles. The summed E-state index contributed by atoms with van der Waals surface area (Å²) in [6.07, 6.45) is 13.1. The van der Waals surface area contributed by atoms with Crippen molar-refractivity contribution in [1.29, 1.82) is 0 Å². The number of halogens is 1. The van der Waals surface area contributed by atoms with Crippen LogP contribution in [-0.2, 0) is 5.41 Å². The van der Waals surface area contributed by atoms with Gasteiger partial charge in [-0.1, -0.05) is 96.6 Å². The van der Waals surface area contributed by atoms with Crippen LogP contribution in [0.3, 0.4) is 0 Å². The average molecular weight is 465 g/mol. The topological polar surface area (TPSA) is 0 Å². The highest BCUT2D eigenvalue weighted by atomic mass is 35.5. The molecule has 0 N–H and O–H groups in total. The maximum absolute atomic E-state index is 6.42. The van der Waals surface area contributed by atoms with E-state index in [1.54, 1.807) is 5.57 Å². The van der Waals surface area contributed by atoms with E-state index in [1.807, 2.05) is 11.8 Å². The van der Waals surface area contributed by atoms with Gasteiger partial charge in [-0.3, -0.25) is 0 Å². The molecule has 1 heterocycles. The summed E-state index contributed by atoms with van der Waals surface area (Å²) in [5.74, 6) is 0.906. The number of hydrogen-bond acceptors (Lipinski definition) is 1. The van der Waals surface area contributed by atoms with Gasteiger partial charge < -0.3 is 0 Å². The largest absolute Gasteiger partial charge is 0.118 e. The van der Waals surface area contributed by atoms with Crippen LogP contribution in [0.5, 0.6) is 0 Å². The lowest BCUT2D eigenvalue weighted by Crippen LogP contribution is -2.42. The monoisotopic (exact) mass is 464 g/mol. The Morgan fingerprint density at radius 1 is 0.909 bits per heavy atom. The number of thioether (sulfide) groups is 1. The van der Waals surface area contributed by atoms with Gasteiger partial charge in [0.05, 0.1) is 0 Å². The van der Waals surface area contributed by atoms with E-state index in [1.165, 1.54) is 32.7 Å². The first-order valence-corrected chi connectivity index (χ1v) is 13.2. The minimum absolute atomic E-state index is 0.139. The molecular weight excluding hydrogens is 440 g/mol. The number of hydrogen-bond donors (Lipinski definition) is 0. The molecule has 0 radical (unpaired) electrons. The van der Waals surface area contributed by atoms with Gasteiger partial charge in [-0.2, -0.15) is 0 Å². The van der Waals surface area contributed by atoms with Crippen LogP contribution in [0.2, 0.25) is 5.02 Å². The lowest BCUT2D eigenvalue weighted by atomic mass is 9.56. The molecule has 4 atom stereocenters. The van der Waals surface area contributed by atoms with Crippen LogP contribution in [0.25, 0.3) is 5.57 Å². The molecule has 0 nitrogen and oxygen atoms in total. The van der Waals surface area contributed by atoms with Crippen LogP contribution in [0.1, 0.15) is 47.4 Å². The Balaban J connectivity index is 1.54. The summed E-state index contributed by atoms with van der Waals surface area (Å²) in [5, 5.41) is 1.30. The second kappa shape index (κ2) is 7.52. The fourth-order valence-corrected chi connectivity index (χ4v) is 8.75. The molecule has 0 amide bonds. The van der Waals surface area contributed by atoms with Crippen LogP contribution >= 0.6 is 23.4 Å². The molecule has 33 heavy (non-hydrogen) atoms. The van der Waals surface area contributed by atoms with E-state index in [0.717, 1.165) is 24.3 Å². The average Bonchev–Trinajstić information content (AvgIpc) is 3.38. The van der Waals surface area contributed by atoms with Crippen molar-refractivity contribution in [2.45, 2.75) is 40.7 Å². The van der Waals surface area contributed by atoms with Gasteiger partial charge >= 0.3 is 0 Å². The molecule has 162 valence electrons. The molecule has 0 fully saturated rings. The van der Waals surface area contributed by atoms with E-state index in [-0.39, 0.29) is 5.41 Å². The fraction of sp³-hybridized carbons (Fsp3) is 0.226. The SMILES string of the molecule is Clc1ccc2c(c1)SC1C=CCC(C3(c4ccccc4)C4=C(CCC=C4)c4ccccc43)C21. The maximum atomic E-state index is 6.42. The smallest absolute Gasteiger partial charge is 0.0497 e. The Morgan fingerprint density at radius 2 is 1.76 bits per heavy atom. The Morgan fingerprint density at radius 3 is 2.67 bits per heavy atom. The molecular formula is C31H25ClS. The predicted octanol–water partition coefficient (Wildman–Crippen LogP) is 8.58. The summed E-state index contributed by atoms with van der Waals surface area (Å²) in [5.41, 5.74) is 8.83. The van der Waals surface area contributed by atoms with Gasteiger partial charge in [0.1, 0.15) is 0 Å². The van der Waals surface area contributed by atoms with E-state index < -0.39 is 0 Å². The van der Waals surface area contributed by atoms with Crippen LogP contribution < -0.4 is 0 Å². The van der Waals surface area contributed by atoms with Gasteiger partial charge in [0.2, 0.25) is 0 Å². The minimum atomic E-state index is -0.139. The second-order valence-electron chi connectivity index (χ2n) is 9.61. The van der Waals surface area contributed by atoms with Crippen molar-refractivity contribution in [3.8, 4) is 0 Å². The first-order chi connectivity index (χ1) is 16.3. The highest BCUT2D eigenvalue weighted by Crippen LogP contribution is 2.64. The standard InChI is InChI=1S/C31H25ClS/c32-21-17-18-24-29(19-21)33-28-16-8-15-27(30(24)28)31(20-9-2-1-3-10-20)25-13-6-4-11-22(25)23-12-5-7-14-26(23)31/h1-4,6-11,13-14,16-19,27-28,30H,5,12,15H2. The van der Waals surface area contributed by atoms with Crippen molar-refractivity contribution in [1.82, 2.24) is 0 Å². The zero-order valence-electron chi connectivity index (χ0n) is 18.4. The van der Waals surface area contributed by atoms with E-state index in [0.29, 0.717) is 17.1 Å². The molecule has 2 heteroatoms. The molecule has 1 aliphatic heterocycles. The number of allylic oxidation sites excluding steroid dienone is 5. The van der Waals surface area contributed by atoms with Crippen molar-refractivity contribution >= 4 is 28.9 Å². The molecule has 3 aromatic rings. The van der Waals surface area contributed by atoms with Gasteiger partial charge in [-0.05, 0) is 70.7 Å². The third-order valence-electron chi connectivity index (χ3n) is 8.16. The van der Waals surface area contributed by atoms with Crippen molar-refractivity contribution in [2.24, 2.45) is 5.92 Å². The zero-order chi connectivity index (χ0) is 22.0. The van der Waals surface area contributed by atoms with E-state index >= 15 is 0 Å². The Labute approximate surface area is 205 Å². The van der Waals surface area contributed by atoms with Crippen molar-refractivity contribution in [2.75, 3.05) is 0 Å². The van der Waals surface area contributed by atoms with Crippen LogP contribution in [0, 0.1) is 5.92 Å². The van der Waals surface area contributed by atoms with Gasteiger partial charge in [-0.25, -0.2) is 0 Å². The normalized spacial score (nSPS) is 28.9. The van der Waals surface area contributed by atoms with Gasteiger partial charge in [0.15, 0.2) is 0 Å². The summed E-state index contributed by atoms with van der Waals surface area (Å²) >= 11 is 8.41. The molecule has 0 spiro atoms. The number of fused-ring (bicyclic) bond motifs is 5. The van der Waals surface area contributed by atoms with Crippen molar-refractivity contribution in [3.63, 3.8) is 0 Å². The number of rotatable bonds is 2. The van der Waals surface area contributed by atoms with Crippen LogP contribution in [0.4, 0.5) is 0 Å². The summed E-state index contributed by atoms with van der Waals surface area (Å²) in [6.45, 7) is 0. The molecule has 4 aliphatic rings. The highest BCUT2D eigenvalue weighted by molar-refractivity contribution is 8.00. The summed E-state index contributed by atoms with van der Waals surface area (Å²) in [4.78, 5) is 1.36. The fourth-order valence-electron chi connectivity index (χ4n) is 7.01. The summed E-state index contributed by atoms with van der Waals surface area (Å²) < 4.78 is 0. The molecule has 0 aromatic heterocycles. The lowest BCUT2D eigenvalue weighted by molar-refractivity contribution is 0.309. The summed E-state index contributed by atoms with van der Waals surface area (Å²) in [6, 6.07) is 27.1. The predicted molar refractivity (Wildman–Crippen MR) is 140 cm³/mol. The lowest BCUT2D eigenvalue weighted by Gasteiger charge is -2.47. The second-order valence-corrected chi connectivity index (χ2v) is 11.3. The molecule has 4 unspecified atom stereocenters. The van der Waals surface area contributed by atoms with E-state index in [2.05, 4.69) is 97.1 Å². The van der Waals surface area contributed by atoms with Gasteiger partial charge in [0, 0.05) is 26.5 Å². The molecule has 0 saturated carbocycles. The molecule has 7 rings (SSSR count). The highest BCUT2D eigenvalue weighted by Gasteiger charge is 2.55. The maximum Gasteiger partial charge on any atom is 0.0497 e. The molecule has 0 bridgehead atoms. The number of benzene rings is 3. The zero-order valence-corrected chi connectivity index (χ0v) is 19.9. The van der Waals surface area contributed by atoms with Crippen LogP contribution in [-0.4, -0.2) is 5.25 Å². The third kappa shape index (κ3) is 2.73. The Kier molecular flexibility index (Phi) is 4.54. The molecule has 0 saturated heterocycles. The molecule has 3 aromatic carbocycles. The quantitative estimate of drug-likeness (QED) is 0.342. The first kappa shape index (κ1) is 19.9. The van der Waals surface area contributed by atoms with Crippen molar-refractivity contribution in [3.05, 3.63) is 130 Å². The van der Waals surface area contributed by atoms with E-state index in [9.17, 15) is 0 Å². The van der Waals surface area contributed by atoms with Gasteiger partial charge in [0.25, 0.3) is 0 Å². The van der Waals surface area contributed by atoms with Crippen molar-refractivity contribution < 1.29 is 0 Å². The first-order valence-electron chi connectivity index (χ1n) is 12.0. The van der Waals surface area contributed by atoms with Gasteiger partial charge in [-0.15, -0.1) is 11.8 Å². The Bertz CT molecular complexity index is 1350. The Hall–Kier alpha value is -2.48. The van der Waals surface area contributed by atoms with E-state index in [4.69, 9.17) is 11.6 Å². The summed E-state index contributed by atoms with van der Waals surface area (Å²) in [7, 11) is 0. The minimum Gasteiger partial charge on any atom is -0.118 e. The van der Waals surface area contributed by atoms with Crippen LogP contribution in [0.15, 0.2) is 108 Å².